The van der Waals surface area contributed by atoms with Gasteiger partial charge in [-0.25, -0.2) is 4.68 Å². The van der Waals surface area contributed by atoms with Gasteiger partial charge in [-0.1, -0.05) is 48.5 Å². The number of nitrogens with zero attached hydrogens (tertiary/aromatic N) is 3. The Morgan fingerprint density at radius 1 is 1.09 bits per heavy atom. The van der Waals surface area contributed by atoms with Crippen LogP contribution in [-0.2, 0) is 4.79 Å². The number of carbonyl (C=O) groups is 1. The molecule has 0 unspecified atom stereocenters. The van der Waals surface area contributed by atoms with Crippen molar-refractivity contribution in [3.05, 3.63) is 107 Å². The van der Waals surface area contributed by atoms with Gasteiger partial charge in [0, 0.05) is 17.3 Å². The highest BCUT2D eigenvalue weighted by Gasteiger charge is 2.17. The number of aromatic nitrogens is 2. The standard InChI is InChI=1S/C29H26N4O2/c1-20-16-23(14-15-27(20)35-3)28-25(19-33(32-28)26-12-8-5-9-13-26)17-24(18-30)29(34)31-21(2)22-10-6-4-7-11-22/h4-17,19,21H,1-3H3,(H,31,34)/b24-17+/t21-/m0/s1. The van der Waals surface area contributed by atoms with Crippen molar-refractivity contribution in [2.24, 2.45) is 0 Å². The molecule has 0 fully saturated rings. The number of para-hydroxylation sites is 1. The first-order valence-electron chi connectivity index (χ1n) is 11.3. The number of carbonyl (C=O) groups excluding carboxylic acids is 1. The Hall–Kier alpha value is -4.63. The van der Waals surface area contributed by atoms with Crippen molar-refractivity contribution >= 4 is 12.0 Å². The molecule has 1 amide bonds. The molecule has 174 valence electrons. The molecule has 0 aliphatic heterocycles. The minimum Gasteiger partial charge on any atom is -0.496 e. The summed E-state index contributed by atoms with van der Waals surface area (Å²) < 4.78 is 7.14. The van der Waals surface area contributed by atoms with Gasteiger partial charge in [0.05, 0.1) is 18.8 Å². The molecule has 0 saturated carbocycles. The first kappa shape index (κ1) is 23.5. The number of ether oxygens (including phenoxy) is 1. The summed E-state index contributed by atoms with van der Waals surface area (Å²) in [5.41, 5.74) is 4.99. The number of hydrogen-bond donors (Lipinski definition) is 1. The van der Waals surface area contributed by atoms with Gasteiger partial charge in [-0.05, 0) is 61.4 Å². The van der Waals surface area contributed by atoms with Gasteiger partial charge in [0.15, 0.2) is 0 Å². The number of aryl methyl sites for hydroxylation is 1. The highest BCUT2D eigenvalue weighted by molar-refractivity contribution is 6.02. The lowest BCUT2D eigenvalue weighted by Crippen LogP contribution is -2.27. The molecule has 1 aromatic heterocycles. The van der Waals surface area contributed by atoms with Crippen LogP contribution in [0.4, 0.5) is 0 Å². The first-order chi connectivity index (χ1) is 17.0. The quantitative estimate of drug-likeness (QED) is 0.285. The van der Waals surface area contributed by atoms with Crippen molar-refractivity contribution in [2.75, 3.05) is 7.11 Å². The molecule has 1 heterocycles. The Balaban J connectivity index is 1.73. The van der Waals surface area contributed by atoms with Crippen LogP contribution in [0.1, 0.15) is 29.7 Å². The van der Waals surface area contributed by atoms with Crippen molar-refractivity contribution < 1.29 is 9.53 Å². The average Bonchev–Trinajstić information content (AvgIpc) is 3.32. The van der Waals surface area contributed by atoms with E-state index in [1.54, 1.807) is 17.9 Å². The molecule has 0 bridgehead atoms. The second kappa shape index (κ2) is 10.5. The van der Waals surface area contributed by atoms with Gasteiger partial charge >= 0.3 is 0 Å². The molecule has 35 heavy (non-hydrogen) atoms. The van der Waals surface area contributed by atoms with Gasteiger partial charge in [0.25, 0.3) is 5.91 Å². The van der Waals surface area contributed by atoms with Crippen LogP contribution >= 0.6 is 0 Å². The third-order valence-electron chi connectivity index (χ3n) is 5.74. The van der Waals surface area contributed by atoms with Crippen LogP contribution in [0.25, 0.3) is 23.0 Å². The van der Waals surface area contributed by atoms with E-state index >= 15 is 0 Å². The van der Waals surface area contributed by atoms with Crippen LogP contribution < -0.4 is 10.1 Å². The Labute approximate surface area is 205 Å². The Bertz CT molecular complexity index is 1400. The SMILES string of the molecule is COc1ccc(-c2nn(-c3ccccc3)cc2/C=C(\C#N)C(=O)N[C@@H](C)c2ccccc2)cc1C. The third kappa shape index (κ3) is 5.31. The molecule has 4 rings (SSSR count). The first-order valence-corrected chi connectivity index (χ1v) is 11.3. The highest BCUT2D eigenvalue weighted by Crippen LogP contribution is 2.29. The molecule has 0 spiro atoms. The molecular formula is C29H26N4O2. The predicted octanol–water partition coefficient (Wildman–Crippen LogP) is 5.64. The lowest BCUT2D eigenvalue weighted by molar-refractivity contribution is -0.117. The van der Waals surface area contributed by atoms with E-state index in [-0.39, 0.29) is 11.6 Å². The highest BCUT2D eigenvalue weighted by atomic mass is 16.5. The number of benzene rings is 3. The van der Waals surface area contributed by atoms with Gasteiger partial charge in [0.2, 0.25) is 0 Å². The van der Waals surface area contributed by atoms with Crippen LogP contribution in [0.5, 0.6) is 5.75 Å². The van der Waals surface area contributed by atoms with Crippen LogP contribution in [0.15, 0.2) is 90.6 Å². The molecule has 1 N–H and O–H groups in total. The third-order valence-corrected chi connectivity index (χ3v) is 5.74. The van der Waals surface area contributed by atoms with E-state index in [1.807, 2.05) is 98.9 Å². The maximum absolute atomic E-state index is 13.0. The molecular weight excluding hydrogens is 436 g/mol. The van der Waals surface area contributed by atoms with E-state index in [0.29, 0.717) is 11.3 Å². The molecule has 0 aliphatic rings. The lowest BCUT2D eigenvalue weighted by Gasteiger charge is -2.13. The molecule has 1 atom stereocenters. The van der Waals surface area contributed by atoms with Crippen LogP contribution in [0, 0.1) is 18.3 Å². The summed E-state index contributed by atoms with van der Waals surface area (Å²) in [5, 5.41) is 17.5. The fourth-order valence-corrected chi connectivity index (χ4v) is 3.86. The second-order valence-electron chi connectivity index (χ2n) is 8.17. The van der Waals surface area contributed by atoms with Crippen molar-refractivity contribution in [1.82, 2.24) is 15.1 Å². The average molecular weight is 463 g/mol. The van der Waals surface area contributed by atoms with E-state index < -0.39 is 5.91 Å². The van der Waals surface area contributed by atoms with Crippen molar-refractivity contribution in [1.29, 1.82) is 5.26 Å². The van der Waals surface area contributed by atoms with E-state index in [2.05, 4.69) is 11.4 Å². The molecule has 6 nitrogen and oxygen atoms in total. The number of hydrogen-bond acceptors (Lipinski definition) is 4. The smallest absolute Gasteiger partial charge is 0.262 e. The van der Waals surface area contributed by atoms with E-state index in [1.165, 1.54) is 0 Å². The normalized spacial score (nSPS) is 12.0. The lowest BCUT2D eigenvalue weighted by atomic mass is 10.0. The maximum Gasteiger partial charge on any atom is 0.262 e. The number of nitrogens with one attached hydrogen (secondary N) is 1. The van der Waals surface area contributed by atoms with Crippen LogP contribution in [0.3, 0.4) is 0 Å². The summed E-state index contributed by atoms with van der Waals surface area (Å²) in [6.45, 7) is 3.85. The molecule has 0 radical (unpaired) electrons. The largest absolute Gasteiger partial charge is 0.496 e. The minimum absolute atomic E-state index is 0.00637. The zero-order valence-corrected chi connectivity index (χ0v) is 19.9. The molecule has 0 aliphatic carbocycles. The molecule has 6 heteroatoms. The van der Waals surface area contributed by atoms with Crippen LogP contribution in [-0.4, -0.2) is 22.8 Å². The monoisotopic (exact) mass is 462 g/mol. The topological polar surface area (TPSA) is 79.9 Å². The van der Waals surface area contributed by atoms with Crippen molar-refractivity contribution in [3.8, 4) is 28.8 Å². The maximum atomic E-state index is 13.0. The van der Waals surface area contributed by atoms with E-state index in [9.17, 15) is 10.1 Å². The zero-order valence-electron chi connectivity index (χ0n) is 19.9. The summed E-state index contributed by atoms with van der Waals surface area (Å²) in [7, 11) is 1.63. The van der Waals surface area contributed by atoms with Gasteiger partial charge in [0.1, 0.15) is 23.1 Å². The van der Waals surface area contributed by atoms with Crippen molar-refractivity contribution in [3.63, 3.8) is 0 Å². The fraction of sp³-hybridized carbons (Fsp3) is 0.138. The van der Waals surface area contributed by atoms with E-state index in [4.69, 9.17) is 9.84 Å². The summed E-state index contributed by atoms with van der Waals surface area (Å²) in [4.78, 5) is 13.0. The van der Waals surface area contributed by atoms with Crippen molar-refractivity contribution in [2.45, 2.75) is 19.9 Å². The van der Waals surface area contributed by atoms with E-state index in [0.717, 1.165) is 28.1 Å². The summed E-state index contributed by atoms with van der Waals surface area (Å²) in [5.74, 6) is 0.341. The number of nitriles is 1. The minimum atomic E-state index is -0.437. The number of rotatable bonds is 7. The Morgan fingerprint density at radius 2 is 1.77 bits per heavy atom. The van der Waals surface area contributed by atoms with Gasteiger partial charge in [-0.2, -0.15) is 10.4 Å². The van der Waals surface area contributed by atoms with Gasteiger partial charge < -0.3 is 10.1 Å². The number of methoxy groups -OCH3 is 1. The summed E-state index contributed by atoms with van der Waals surface area (Å²) >= 11 is 0. The zero-order chi connectivity index (χ0) is 24.8. The predicted molar refractivity (Wildman–Crippen MR) is 137 cm³/mol. The van der Waals surface area contributed by atoms with Crippen LogP contribution in [0.2, 0.25) is 0 Å². The Kier molecular flexibility index (Phi) is 7.08. The number of amides is 1. The molecule has 4 aromatic rings. The fourth-order valence-electron chi connectivity index (χ4n) is 3.86. The summed E-state index contributed by atoms with van der Waals surface area (Å²) in [6.07, 6.45) is 3.42. The van der Waals surface area contributed by atoms with Gasteiger partial charge in [-0.15, -0.1) is 0 Å². The Morgan fingerprint density at radius 3 is 2.40 bits per heavy atom. The van der Waals surface area contributed by atoms with Gasteiger partial charge in [-0.3, -0.25) is 4.79 Å². The molecule has 0 saturated heterocycles. The molecule has 3 aromatic carbocycles. The second-order valence-corrected chi connectivity index (χ2v) is 8.17. The summed E-state index contributed by atoms with van der Waals surface area (Å²) in [6, 6.07) is 26.9.